The first-order chi connectivity index (χ1) is 10.1. The number of aryl methyl sites for hydroxylation is 1. The summed E-state index contributed by atoms with van der Waals surface area (Å²) in [6.45, 7) is 2.00. The SMILES string of the molecule is CCc1ccccc1NC(=O)Nc1cncc(C(=O)O)c1. The smallest absolute Gasteiger partial charge is 0.337 e. The van der Waals surface area contributed by atoms with Gasteiger partial charge in [0.05, 0.1) is 17.4 Å². The monoisotopic (exact) mass is 285 g/mol. The van der Waals surface area contributed by atoms with Crippen molar-refractivity contribution in [3.05, 3.63) is 53.9 Å². The quantitative estimate of drug-likeness (QED) is 0.805. The molecule has 0 fully saturated rings. The van der Waals surface area contributed by atoms with Gasteiger partial charge in [0.25, 0.3) is 0 Å². The van der Waals surface area contributed by atoms with Gasteiger partial charge in [-0.05, 0) is 24.1 Å². The Balaban J connectivity index is 2.08. The van der Waals surface area contributed by atoms with Crippen molar-refractivity contribution in [3.8, 4) is 0 Å². The zero-order valence-electron chi connectivity index (χ0n) is 11.5. The third-order valence-electron chi connectivity index (χ3n) is 2.89. The molecule has 108 valence electrons. The molecule has 0 radical (unpaired) electrons. The van der Waals surface area contributed by atoms with Crippen molar-refractivity contribution < 1.29 is 14.7 Å². The zero-order valence-corrected chi connectivity index (χ0v) is 11.5. The molecular formula is C15H15N3O3. The van der Waals surface area contributed by atoms with E-state index in [-0.39, 0.29) is 5.56 Å². The Morgan fingerprint density at radius 2 is 1.95 bits per heavy atom. The van der Waals surface area contributed by atoms with Gasteiger partial charge in [0, 0.05) is 11.9 Å². The molecule has 2 rings (SSSR count). The molecular weight excluding hydrogens is 270 g/mol. The van der Waals surface area contributed by atoms with Crippen LogP contribution in [0.25, 0.3) is 0 Å². The van der Waals surface area contributed by atoms with Crippen LogP contribution in [0.2, 0.25) is 0 Å². The van der Waals surface area contributed by atoms with Crippen LogP contribution in [0.3, 0.4) is 0 Å². The molecule has 0 atom stereocenters. The first-order valence-corrected chi connectivity index (χ1v) is 6.44. The molecule has 0 bridgehead atoms. The molecule has 3 N–H and O–H groups in total. The fourth-order valence-corrected chi connectivity index (χ4v) is 1.86. The number of pyridine rings is 1. The van der Waals surface area contributed by atoms with Crippen LogP contribution >= 0.6 is 0 Å². The second kappa shape index (κ2) is 6.51. The van der Waals surface area contributed by atoms with E-state index in [1.54, 1.807) is 0 Å². The molecule has 0 aliphatic heterocycles. The number of anilines is 2. The number of aromatic nitrogens is 1. The van der Waals surface area contributed by atoms with Crippen LogP contribution in [-0.2, 0) is 6.42 Å². The van der Waals surface area contributed by atoms with Crippen LogP contribution in [-0.4, -0.2) is 22.1 Å². The summed E-state index contributed by atoms with van der Waals surface area (Å²) in [5.74, 6) is -1.09. The van der Waals surface area contributed by atoms with E-state index in [1.807, 2.05) is 31.2 Å². The number of carboxylic acids is 1. The molecule has 1 aromatic heterocycles. The lowest BCUT2D eigenvalue weighted by Crippen LogP contribution is -2.20. The van der Waals surface area contributed by atoms with Gasteiger partial charge in [-0.3, -0.25) is 4.98 Å². The lowest BCUT2D eigenvalue weighted by atomic mass is 10.1. The largest absolute Gasteiger partial charge is 0.478 e. The molecule has 21 heavy (non-hydrogen) atoms. The number of hydrogen-bond acceptors (Lipinski definition) is 3. The molecule has 0 aliphatic carbocycles. The highest BCUT2D eigenvalue weighted by atomic mass is 16.4. The topological polar surface area (TPSA) is 91.3 Å². The summed E-state index contributed by atoms with van der Waals surface area (Å²) in [5.41, 5.74) is 2.08. The third kappa shape index (κ3) is 3.79. The minimum Gasteiger partial charge on any atom is -0.478 e. The van der Waals surface area contributed by atoms with E-state index in [0.29, 0.717) is 5.69 Å². The van der Waals surface area contributed by atoms with E-state index < -0.39 is 12.0 Å². The van der Waals surface area contributed by atoms with E-state index in [9.17, 15) is 9.59 Å². The lowest BCUT2D eigenvalue weighted by molar-refractivity contribution is 0.0696. The van der Waals surface area contributed by atoms with Gasteiger partial charge in [-0.2, -0.15) is 0 Å². The molecule has 0 unspecified atom stereocenters. The van der Waals surface area contributed by atoms with Crippen molar-refractivity contribution in [2.45, 2.75) is 13.3 Å². The highest BCUT2D eigenvalue weighted by Crippen LogP contribution is 2.16. The Labute approximate surface area is 121 Å². The highest BCUT2D eigenvalue weighted by molar-refractivity contribution is 6.00. The van der Waals surface area contributed by atoms with Crippen LogP contribution in [0.15, 0.2) is 42.7 Å². The number of nitrogens with one attached hydrogen (secondary N) is 2. The van der Waals surface area contributed by atoms with Gasteiger partial charge in [0.15, 0.2) is 0 Å². The molecule has 2 amide bonds. The van der Waals surface area contributed by atoms with Crippen molar-refractivity contribution in [2.24, 2.45) is 0 Å². The molecule has 0 aliphatic rings. The fraction of sp³-hybridized carbons (Fsp3) is 0.133. The number of carbonyl (C=O) groups excluding carboxylic acids is 1. The molecule has 0 saturated heterocycles. The van der Waals surface area contributed by atoms with Gasteiger partial charge in [-0.15, -0.1) is 0 Å². The number of para-hydroxylation sites is 1. The number of aromatic carboxylic acids is 1. The molecule has 0 spiro atoms. The van der Waals surface area contributed by atoms with Gasteiger partial charge >= 0.3 is 12.0 Å². The first kappa shape index (κ1) is 14.5. The maximum Gasteiger partial charge on any atom is 0.337 e. The number of amides is 2. The summed E-state index contributed by atoms with van der Waals surface area (Å²) in [7, 11) is 0. The third-order valence-corrected chi connectivity index (χ3v) is 2.89. The van der Waals surface area contributed by atoms with Gasteiger partial charge in [0.1, 0.15) is 0 Å². The summed E-state index contributed by atoms with van der Waals surface area (Å²) in [4.78, 5) is 26.6. The minimum atomic E-state index is -1.09. The van der Waals surface area contributed by atoms with Gasteiger partial charge < -0.3 is 15.7 Å². The van der Waals surface area contributed by atoms with Crippen LogP contribution in [0, 0.1) is 0 Å². The fourth-order valence-electron chi connectivity index (χ4n) is 1.86. The summed E-state index contributed by atoms with van der Waals surface area (Å²) in [6, 6.07) is 8.39. The molecule has 6 heteroatoms. The molecule has 1 aromatic carbocycles. The molecule has 2 aromatic rings. The Morgan fingerprint density at radius 3 is 2.67 bits per heavy atom. The van der Waals surface area contributed by atoms with Crippen molar-refractivity contribution in [1.82, 2.24) is 4.98 Å². The predicted octanol–water partition coefficient (Wildman–Crippen LogP) is 2.99. The molecule has 6 nitrogen and oxygen atoms in total. The average Bonchev–Trinajstić information content (AvgIpc) is 2.48. The van der Waals surface area contributed by atoms with Crippen LogP contribution < -0.4 is 10.6 Å². The van der Waals surface area contributed by atoms with E-state index in [2.05, 4.69) is 15.6 Å². The Hall–Kier alpha value is -2.89. The van der Waals surface area contributed by atoms with Crippen molar-refractivity contribution in [2.75, 3.05) is 10.6 Å². The predicted molar refractivity (Wildman–Crippen MR) is 79.7 cm³/mol. The second-order valence-corrected chi connectivity index (χ2v) is 4.36. The number of urea groups is 1. The number of carboxylic acid groups (broad SMARTS) is 1. The van der Waals surface area contributed by atoms with Gasteiger partial charge in [0.2, 0.25) is 0 Å². The number of benzene rings is 1. The van der Waals surface area contributed by atoms with Crippen molar-refractivity contribution in [1.29, 1.82) is 0 Å². The second-order valence-electron chi connectivity index (χ2n) is 4.36. The maximum absolute atomic E-state index is 11.9. The number of rotatable bonds is 4. The number of carbonyl (C=O) groups is 2. The van der Waals surface area contributed by atoms with Crippen molar-refractivity contribution >= 4 is 23.4 Å². The Morgan fingerprint density at radius 1 is 1.19 bits per heavy atom. The number of hydrogen-bond donors (Lipinski definition) is 3. The first-order valence-electron chi connectivity index (χ1n) is 6.44. The lowest BCUT2D eigenvalue weighted by Gasteiger charge is -2.10. The van der Waals surface area contributed by atoms with Crippen LogP contribution in [0.1, 0.15) is 22.8 Å². The van der Waals surface area contributed by atoms with E-state index in [1.165, 1.54) is 18.5 Å². The van der Waals surface area contributed by atoms with Gasteiger partial charge in [-0.1, -0.05) is 25.1 Å². The normalized spacial score (nSPS) is 9.95. The molecule has 1 heterocycles. The van der Waals surface area contributed by atoms with Crippen LogP contribution in [0.4, 0.5) is 16.2 Å². The standard InChI is InChI=1S/C15H15N3O3/c1-2-10-5-3-4-6-13(10)18-15(21)17-12-7-11(14(19)20)8-16-9-12/h3-9H,2H2,1H3,(H,19,20)(H2,17,18,21). The summed E-state index contributed by atoms with van der Waals surface area (Å²) in [6.07, 6.45) is 3.40. The van der Waals surface area contributed by atoms with E-state index >= 15 is 0 Å². The average molecular weight is 285 g/mol. The Kier molecular flexibility index (Phi) is 4.50. The number of nitrogens with zero attached hydrogens (tertiary/aromatic N) is 1. The maximum atomic E-state index is 11.9. The molecule has 0 saturated carbocycles. The zero-order chi connectivity index (χ0) is 15.2. The van der Waals surface area contributed by atoms with Gasteiger partial charge in [-0.25, -0.2) is 9.59 Å². The van der Waals surface area contributed by atoms with Crippen molar-refractivity contribution in [3.63, 3.8) is 0 Å². The summed E-state index contributed by atoms with van der Waals surface area (Å²) >= 11 is 0. The Bertz CT molecular complexity index is 671. The highest BCUT2D eigenvalue weighted by Gasteiger charge is 2.08. The summed E-state index contributed by atoms with van der Waals surface area (Å²) in [5, 5.41) is 14.2. The summed E-state index contributed by atoms with van der Waals surface area (Å²) < 4.78 is 0. The van der Waals surface area contributed by atoms with E-state index in [0.717, 1.165) is 17.7 Å². The minimum absolute atomic E-state index is 0.0155. The van der Waals surface area contributed by atoms with Crippen LogP contribution in [0.5, 0.6) is 0 Å². The van der Waals surface area contributed by atoms with E-state index in [4.69, 9.17) is 5.11 Å².